The van der Waals surface area contributed by atoms with E-state index in [4.69, 9.17) is 0 Å². The first-order chi connectivity index (χ1) is 27.8. The molecule has 1 heterocycles. The predicted octanol–water partition coefficient (Wildman–Crippen LogP) is 15.0. The molecule has 0 radical (unpaired) electrons. The lowest BCUT2D eigenvalue weighted by Crippen LogP contribution is -2.09. The van der Waals surface area contributed by atoms with Crippen LogP contribution in [0, 0.1) is 0 Å². The zero-order valence-electron chi connectivity index (χ0n) is 30.7. The zero-order valence-corrected chi connectivity index (χ0v) is 30.7. The van der Waals surface area contributed by atoms with Gasteiger partial charge in [-0.25, -0.2) is 0 Å². The molecule has 0 aliphatic heterocycles. The third-order valence-corrected chi connectivity index (χ3v) is 11.3. The standard InChI is InChI=1S/C54H36N2/c1-2-17-41(18-3-1)55(43-19-14-16-39(35-43)50-36-40-30-29-37-15-4-5-21-45(37)54(40)49-25-7-6-22-46(49)50)42-33-31-38(32-34-42)44-20-8-11-26-51(44)56-52-27-12-9-23-47(52)48-24-10-13-28-53(48)56/h1-36H. The Bertz CT molecular complexity index is 3190. The van der Waals surface area contributed by atoms with E-state index in [9.17, 15) is 0 Å². The van der Waals surface area contributed by atoms with Crippen molar-refractivity contribution in [3.05, 3.63) is 218 Å². The van der Waals surface area contributed by atoms with Crippen molar-refractivity contribution in [2.24, 2.45) is 0 Å². The first-order valence-corrected chi connectivity index (χ1v) is 19.3. The van der Waals surface area contributed by atoms with Crippen LogP contribution in [0.15, 0.2) is 218 Å². The first kappa shape index (κ1) is 32.0. The van der Waals surface area contributed by atoms with Crippen LogP contribution < -0.4 is 4.90 Å². The lowest BCUT2D eigenvalue weighted by molar-refractivity contribution is 1.18. The molecule has 2 heteroatoms. The first-order valence-electron chi connectivity index (χ1n) is 19.3. The predicted molar refractivity (Wildman–Crippen MR) is 239 cm³/mol. The maximum Gasteiger partial charge on any atom is 0.0541 e. The molecule has 0 aliphatic carbocycles. The highest BCUT2D eigenvalue weighted by Gasteiger charge is 2.18. The molecule has 0 amide bonds. The van der Waals surface area contributed by atoms with Gasteiger partial charge in [-0.2, -0.15) is 0 Å². The molecule has 10 aromatic carbocycles. The Morgan fingerprint density at radius 3 is 1.64 bits per heavy atom. The van der Waals surface area contributed by atoms with Crippen molar-refractivity contribution in [1.82, 2.24) is 4.57 Å². The summed E-state index contributed by atoms with van der Waals surface area (Å²) in [5.41, 5.74) is 11.7. The Labute approximate surface area is 325 Å². The van der Waals surface area contributed by atoms with Crippen molar-refractivity contribution < 1.29 is 0 Å². The topological polar surface area (TPSA) is 8.17 Å². The molecule has 2 nitrogen and oxygen atoms in total. The molecule has 0 aliphatic rings. The highest BCUT2D eigenvalue weighted by atomic mass is 15.1. The fourth-order valence-electron chi connectivity index (χ4n) is 8.84. The van der Waals surface area contributed by atoms with Crippen molar-refractivity contribution in [3.63, 3.8) is 0 Å². The second-order valence-corrected chi connectivity index (χ2v) is 14.5. The number of aromatic nitrogens is 1. The van der Waals surface area contributed by atoms with E-state index in [0.717, 1.165) is 17.1 Å². The lowest BCUT2D eigenvalue weighted by Gasteiger charge is -2.26. The SMILES string of the molecule is c1ccc(N(c2ccc(-c3ccccc3-n3c4ccccc4c4ccccc43)cc2)c2cccc(-c3cc4ccc5ccccc5c4c4ccccc34)c2)cc1. The van der Waals surface area contributed by atoms with E-state index in [-0.39, 0.29) is 0 Å². The van der Waals surface area contributed by atoms with Crippen molar-refractivity contribution >= 4 is 71.2 Å². The van der Waals surface area contributed by atoms with Crippen LogP contribution in [-0.4, -0.2) is 4.57 Å². The number of fused-ring (bicyclic) bond motifs is 8. The lowest BCUT2D eigenvalue weighted by atomic mass is 9.90. The van der Waals surface area contributed by atoms with Gasteiger partial charge in [-0.15, -0.1) is 0 Å². The van der Waals surface area contributed by atoms with Crippen molar-refractivity contribution in [1.29, 1.82) is 0 Å². The number of hydrogen-bond acceptors (Lipinski definition) is 1. The van der Waals surface area contributed by atoms with Crippen LogP contribution >= 0.6 is 0 Å². The van der Waals surface area contributed by atoms with Crippen molar-refractivity contribution in [2.75, 3.05) is 4.90 Å². The van der Waals surface area contributed by atoms with E-state index in [1.807, 2.05) is 0 Å². The van der Waals surface area contributed by atoms with Gasteiger partial charge in [0.05, 0.1) is 16.7 Å². The summed E-state index contributed by atoms with van der Waals surface area (Å²) in [5.74, 6) is 0. The van der Waals surface area contributed by atoms with E-state index in [0.29, 0.717) is 0 Å². The van der Waals surface area contributed by atoms with Crippen molar-refractivity contribution in [3.8, 4) is 27.9 Å². The van der Waals surface area contributed by atoms with E-state index in [2.05, 4.69) is 228 Å². The number of benzene rings is 10. The Balaban J connectivity index is 1.03. The molecule has 0 spiro atoms. The Morgan fingerprint density at radius 2 is 0.875 bits per heavy atom. The van der Waals surface area contributed by atoms with Gasteiger partial charge in [0.25, 0.3) is 0 Å². The summed E-state index contributed by atoms with van der Waals surface area (Å²) < 4.78 is 2.41. The highest BCUT2D eigenvalue weighted by Crippen LogP contribution is 2.42. The Kier molecular flexibility index (Phi) is 7.53. The van der Waals surface area contributed by atoms with Gasteiger partial charge < -0.3 is 9.47 Å². The van der Waals surface area contributed by atoms with Gasteiger partial charge in [0.2, 0.25) is 0 Å². The third kappa shape index (κ3) is 5.19. The van der Waals surface area contributed by atoms with Crippen molar-refractivity contribution in [2.45, 2.75) is 0 Å². The number of rotatable bonds is 6. The molecule has 0 atom stereocenters. The van der Waals surface area contributed by atoms with Crippen LogP contribution in [0.25, 0.3) is 82.1 Å². The molecule has 11 rings (SSSR count). The van der Waals surface area contributed by atoms with E-state index < -0.39 is 0 Å². The second-order valence-electron chi connectivity index (χ2n) is 14.5. The maximum absolute atomic E-state index is 2.41. The smallest absolute Gasteiger partial charge is 0.0541 e. The monoisotopic (exact) mass is 712 g/mol. The summed E-state index contributed by atoms with van der Waals surface area (Å²) in [6.07, 6.45) is 0. The number of anilines is 3. The molecule has 0 unspecified atom stereocenters. The molecule has 1 aromatic heterocycles. The van der Waals surface area contributed by atoms with Crippen LogP contribution in [0.1, 0.15) is 0 Å². The largest absolute Gasteiger partial charge is 0.310 e. The van der Waals surface area contributed by atoms with Gasteiger partial charge >= 0.3 is 0 Å². The van der Waals surface area contributed by atoms with E-state index in [1.54, 1.807) is 0 Å². The minimum absolute atomic E-state index is 1.10. The third-order valence-electron chi connectivity index (χ3n) is 11.3. The normalized spacial score (nSPS) is 11.6. The van der Waals surface area contributed by atoms with Crippen LogP contribution in [0.5, 0.6) is 0 Å². The summed E-state index contributed by atoms with van der Waals surface area (Å²) >= 11 is 0. The van der Waals surface area contributed by atoms with E-state index >= 15 is 0 Å². The molecule has 0 N–H and O–H groups in total. The van der Waals surface area contributed by atoms with Crippen LogP contribution in [0.2, 0.25) is 0 Å². The Morgan fingerprint density at radius 1 is 0.304 bits per heavy atom. The van der Waals surface area contributed by atoms with Crippen LogP contribution in [-0.2, 0) is 0 Å². The molecule has 56 heavy (non-hydrogen) atoms. The summed E-state index contributed by atoms with van der Waals surface area (Å²) in [6.45, 7) is 0. The highest BCUT2D eigenvalue weighted by molar-refractivity contribution is 6.23. The number of nitrogens with zero attached hydrogens (tertiary/aromatic N) is 2. The minimum Gasteiger partial charge on any atom is -0.310 e. The molecular weight excluding hydrogens is 677 g/mol. The van der Waals surface area contributed by atoms with Gasteiger partial charge in [-0.05, 0) is 110 Å². The minimum atomic E-state index is 1.10. The fourth-order valence-corrected chi connectivity index (χ4v) is 8.84. The van der Waals surface area contributed by atoms with Crippen LogP contribution in [0.3, 0.4) is 0 Å². The molecule has 11 aromatic rings. The number of para-hydroxylation sites is 4. The van der Waals surface area contributed by atoms with Gasteiger partial charge in [-0.1, -0.05) is 158 Å². The summed E-state index contributed by atoms with van der Waals surface area (Å²) in [4.78, 5) is 2.36. The number of hydrogen-bond donors (Lipinski definition) is 0. The van der Waals surface area contributed by atoms with Gasteiger partial charge in [-0.3, -0.25) is 0 Å². The van der Waals surface area contributed by atoms with Gasteiger partial charge in [0, 0.05) is 33.4 Å². The second kappa shape index (κ2) is 13.2. The zero-order chi connectivity index (χ0) is 37.0. The average molecular weight is 713 g/mol. The molecule has 0 saturated heterocycles. The molecule has 0 saturated carbocycles. The summed E-state index contributed by atoms with van der Waals surface area (Å²) in [6, 6.07) is 79.4. The Hall–Kier alpha value is -7.42. The quantitative estimate of drug-likeness (QED) is 0.156. The average Bonchev–Trinajstić information content (AvgIpc) is 3.61. The summed E-state index contributed by atoms with van der Waals surface area (Å²) in [5, 5.41) is 10.2. The fraction of sp³-hybridized carbons (Fsp3) is 0. The molecule has 0 fully saturated rings. The van der Waals surface area contributed by atoms with Gasteiger partial charge in [0.15, 0.2) is 0 Å². The van der Waals surface area contributed by atoms with E-state index in [1.165, 1.54) is 82.1 Å². The molecule has 262 valence electrons. The molecular formula is C54H36N2. The maximum atomic E-state index is 2.41. The van der Waals surface area contributed by atoms with Crippen LogP contribution in [0.4, 0.5) is 17.1 Å². The summed E-state index contributed by atoms with van der Waals surface area (Å²) in [7, 11) is 0. The molecule has 0 bridgehead atoms. The van der Waals surface area contributed by atoms with Gasteiger partial charge in [0.1, 0.15) is 0 Å².